The van der Waals surface area contributed by atoms with Gasteiger partial charge in [0.1, 0.15) is 0 Å². The van der Waals surface area contributed by atoms with Crippen LogP contribution in [-0.4, -0.2) is 16.0 Å². The summed E-state index contributed by atoms with van der Waals surface area (Å²) in [6, 6.07) is 1.60. The van der Waals surface area contributed by atoms with Gasteiger partial charge in [-0.25, -0.2) is 4.98 Å². The topological polar surface area (TPSA) is 68.0 Å². The second-order valence-corrected chi connectivity index (χ2v) is 5.00. The normalized spacial score (nSPS) is 14.9. The summed E-state index contributed by atoms with van der Waals surface area (Å²) in [7, 11) is 0. The first-order chi connectivity index (χ1) is 8.22. The molecule has 1 aliphatic carbocycles. The number of carbonyl (C=O) groups excluding carboxylic acids is 1. The molecule has 0 aliphatic heterocycles. The average molecular weight is 249 g/mol. The van der Waals surface area contributed by atoms with Gasteiger partial charge in [0.05, 0.1) is 11.4 Å². The zero-order valence-electron chi connectivity index (χ0n) is 9.27. The van der Waals surface area contributed by atoms with Crippen molar-refractivity contribution in [2.45, 2.75) is 25.7 Å². The fourth-order valence-electron chi connectivity index (χ4n) is 1.54. The molecule has 0 saturated heterocycles. The number of aromatic nitrogens is 2. The lowest BCUT2D eigenvalue weighted by Crippen LogP contribution is -2.10. The zero-order valence-corrected chi connectivity index (χ0v) is 10.1. The highest BCUT2D eigenvalue weighted by atomic mass is 32.1. The first kappa shape index (κ1) is 10.5. The van der Waals surface area contributed by atoms with Crippen LogP contribution < -0.4 is 5.32 Å². The van der Waals surface area contributed by atoms with Gasteiger partial charge in [-0.2, -0.15) is 0 Å². The Morgan fingerprint density at radius 1 is 1.59 bits per heavy atom. The number of aryl methyl sites for hydroxylation is 1. The molecular weight excluding hydrogens is 238 g/mol. The van der Waals surface area contributed by atoms with Gasteiger partial charge in [-0.1, -0.05) is 5.16 Å². The molecule has 1 fully saturated rings. The van der Waals surface area contributed by atoms with Gasteiger partial charge >= 0.3 is 0 Å². The Bertz CT molecular complexity index is 557. The first-order valence-electron chi connectivity index (χ1n) is 5.42. The van der Waals surface area contributed by atoms with E-state index >= 15 is 0 Å². The van der Waals surface area contributed by atoms with Gasteiger partial charge in [0.15, 0.2) is 5.13 Å². The van der Waals surface area contributed by atoms with Crippen LogP contribution in [0, 0.1) is 6.92 Å². The van der Waals surface area contributed by atoms with E-state index in [-0.39, 0.29) is 11.7 Å². The van der Waals surface area contributed by atoms with Crippen LogP contribution >= 0.6 is 11.3 Å². The van der Waals surface area contributed by atoms with Gasteiger partial charge in [-0.15, -0.1) is 11.3 Å². The van der Waals surface area contributed by atoms with E-state index < -0.39 is 0 Å². The van der Waals surface area contributed by atoms with Crippen LogP contribution in [0.3, 0.4) is 0 Å². The third-order valence-corrected chi connectivity index (χ3v) is 3.37. The van der Waals surface area contributed by atoms with Gasteiger partial charge in [0.2, 0.25) is 5.76 Å². The molecule has 17 heavy (non-hydrogen) atoms. The Balaban J connectivity index is 1.71. The third-order valence-electron chi connectivity index (χ3n) is 2.59. The van der Waals surface area contributed by atoms with Crippen molar-refractivity contribution >= 4 is 22.4 Å². The number of hydrogen-bond donors (Lipinski definition) is 1. The molecule has 2 aromatic rings. The Morgan fingerprint density at radius 2 is 2.41 bits per heavy atom. The molecule has 0 unspecified atom stereocenters. The summed E-state index contributed by atoms with van der Waals surface area (Å²) in [6.45, 7) is 1.77. The van der Waals surface area contributed by atoms with E-state index in [1.165, 1.54) is 24.2 Å². The predicted octanol–water partition coefficient (Wildman–Crippen LogP) is 2.57. The summed E-state index contributed by atoms with van der Waals surface area (Å²) in [5.41, 5.74) is 1.77. The highest BCUT2D eigenvalue weighted by Crippen LogP contribution is 2.40. The van der Waals surface area contributed by atoms with Crippen LogP contribution in [0.15, 0.2) is 16.0 Å². The van der Waals surface area contributed by atoms with E-state index in [0.29, 0.717) is 16.7 Å². The molecular formula is C11H11N3O2S. The van der Waals surface area contributed by atoms with Gasteiger partial charge in [-0.3, -0.25) is 10.1 Å². The summed E-state index contributed by atoms with van der Waals surface area (Å²) in [4.78, 5) is 16.1. The molecule has 0 radical (unpaired) electrons. The molecule has 6 heteroatoms. The molecule has 1 N–H and O–H groups in total. The molecule has 0 atom stereocenters. The lowest BCUT2D eigenvalue weighted by molar-refractivity contribution is 0.0988. The quantitative estimate of drug-likeness (QED) is 0.907. The third kappa shape index (κ3) is 2.21. The molecule has 1 saturated carbocycles. The molecule has 2 heterocycles. The average Bonchev–Trinajstić information content (AvgIpc) is 2.90. The molecule has 88 valence electrons. The van der Waals surface area contributed by atoms with E-state index in [2.05, 4.69) is 15.5 Å². The maximum atomic E-state index is 11.7. The minimum Gasteiger partial charge on any atom is -0.351 e. The number of thiazole rings is 1. The van der Waals surface area contributed by atoms with E-state index in [9.17, 15) is 4.79 Å². The Morgan fingerprint density at radius 3 is 3.06 bits per heavy atom. The largest absolute Gasteiger partial charge is 0.351 e. The SMILES string of the molecule is Cc1cc(C(=O)Nc2nc(C3CC3)cs2)on1. The highest BCUT2D eigenvalue weighted by Gasteiger charge is 2.26. The molecule has 0 aromatic carbocycles. The van der Waals surface area contributed by atoms with Crippen LogP contribution in [-0.2, 0) is 0 Å². The summed E-state index contributed by atoms with van der Waals surface area (Å²) in [6.07, 6.45) is 2.41. The van der Waals surface area contributed by atoms with Crippen LogP contribution in [0.25, 0.3) is 0 Å². The summed E-state index contributed by atoms with van der Waals surface area (Å²) in [5, 5.41) is 8.99. The lowest BCUT2D eigenvalue weighted by Gasteiger charge is -1.96. The van der Waals surface area contributed by atoms with Crippen molar-refractivity contribution in [1.82, 2.24) is 10.1 Å². The van der Waals surface area contributed by atoms with Crippen LogP contribution in [0.5, 0.6) is 0 Å². The number of nitrogens with zero attached hydrogens (tertiary/aromatic N) is 2. The van der Waals surface area contributed by atoms with Crippen molar-refractivity contribution in [1.29, 1.82) is 0 Å². The maximum absolute atomic E-state index is 11.7. The second kappa shape index (κ2) is 3.96. The van der Waals surface area contributed by atoms with Crippen molar-refractivity contribution in [2.75, 3.05) is 5.32 Å². The summed E-state index contributed by atoms with van der Waals surface area (Å²) >= 11 is 1.44. The van der Waals surface area contributed by atoms with Crippen LogP contribution in [0.2, 0.25) is 0 Å². The summed E-state index contributed by atoms with van der Waals surface area (Å²) in [5.74, 6) is 0.511. The first-order valence-corrected chi connectivity index (χ1v) is 6.30. The predicted molar refractivity (Wildman–Crippen MR) is 63.3 cm³/mol. The Hall–Kier alpha value is -1.69. The van der Waals surface area contributed by atoms with Crippen LogP contribution in [0.4, 0.5) is 5.13 Å². The van der Waals surface area contributed by atoms with E-state index in [4.69, 9.17) is 4.52 Å². The minimum atomic E-state index is -0.303. The number of rotatable bonds is 3. The molecule has 0 spiro atoms. The second-order valence-electron chi connectivity index (χ2n) is 4.14. The van der Waals surface area contributed by atoms with Crippen molar-refractivity contribution in [3.8, 4) is 0 Å². The molecule has 1 amide bonds. The van der Waals surface area contributed by atoms with E-state index in [0.717, 1.165) is 5.69 Å². The number of hydrogen-bond acceptors (Lipinski definition) is 5. The standard InChI is InChI=1S/C11H11N3O2S/c1-6-4-9(16-14-6)10(15)13-11-12-8(5-17-11)7-2-3-7/h4-5,7H,2-3H2,1H3,(H,12,13,15). The Kier molecular flexibility index (Phi) is 2.44. The fourth-order valence-corrected chi connectivity index (χ4v) is 2.33. The molecule has 0 bridgehead atoms. The van der Waals surface area contributed by atoms with Crippen molar-refractivity contribution in [3.05, 3.63) is 28.6 Å². The van der Waals surface area contributed by atoms with Gasteiger partial charge < -0.3 is 4.52 Å². The van der Waals surface area contributed by atoms with Crippen LogP contribution in [0.1, 0.15) is 40.7 Å². The smallest absolute Gasteiger partial charge is 0.296 e. The summed E-state index contributed by atoms with van der Waals surface area (Å²) < 4.78 is 4.88. The molecule has 3 rings (SSSR count). The van der Waals surface area contributed by atoms with Gasteiger partial charge in [-0.05, 0) is 19.8 Å². The van der Waals surface area contributed by atoms with Gasteiger partial charge in [0, 0.05) is 17.4 Å². The number of anilines is 1. The lowest BCUT2D eigenvalue weighted by atomic mass is 10.3. The molecule has 1 aliphatic rings. The number of amides is 1. The highest BCUT2D eigenvalue weighted by molar-refractivity contribution is 7.14. The van der Waals surface area contributed by atoms with E-state index in [1.807, 2.05) is 5.38 Å². The minimum absolute atomic E-state index is 0.214. The number of nitrogens with one attached hydrogen (secondary N) is 1. The van der Waals surface area contributed by atoms with Crippen molar-refractivity contribution in [2.24, 2.45) is 0 Å². The maximum Gasteiger partial charge on any atom is 0.296 e. The Labute approximate surface area is 102 Å². The molecule has 5 nitrogen and oxygen atoms in total. The molecule has 2 aromatic heterocycles. The van der Waals surface area contributed by atoms with Gasteiger partial charge in [0.25, 0.3) is 5.91 Å². The van der Waals surface area contributed by atoms with Crippen molar-refractivity contribution in [3.63, 3.8) is 0 Å². The van der Waals surface area contributed by atoms with E-state index in [1.54, 1.807) is 13.0 Å². The zero-order chi connectivity index (χ0) is 11.8. The van der Waals surface area contributed by atoms with Crippen molar-refractivity contribution < 1.29 is 9.32 Å². The number of carbonyl (C=O) groups is 1. The monoisotopic (exact) mass is 249 g/mol. The fraction of sp³-hybridized carbons (Fsp3) is 0.364.